The molecular formula is C14H6I2O4. The van der Waals surface area contributed by atoms with Crippen molar-refractivity contribution in [2.45, 2.75) is 0 Å². The quantitative estimate of drug-likeness (QED) is 0.321. The van der Waals surface area contributed by atoms with Crippen LogP contribution in [0.25, 0.3) is 0 Å². The number of hydrogen-bond donors (Lipinski definition) is 0. The van der Waals surface area contributed by atoms with Crippen molar-refractivity contribution < 1.29 is 19.1 Å². The molecule has 4 nitrogen and oxygen atoms in total. The normalized spacial score (nSPS) is 13.5. The summed E-state index contributed by atoms with van der Waals surface area (Å²) in [6, 6.07) is 9.90. The fourth-order valence-corrected chi connectivity index (χ4v) is 2.82. The molecule has 0 saturated carbocycles. The molecule has 100 valence electrons. The molecule has 1 aliphatic rings. The number of ether oxygens (including phenoxy) is 2. The van der Waals surface area contributed by atoms with Gasteiger partial charge in [0.25, 0.3) is 0 Å². The Hall–Kier alpha value is -1.16. The summed E-state index contributed by atoms with van der Waals surface area (Å²) >= 11 is 4.16. The van der Waals surface area contributed by atoms with Crippen LogP contribution in [-0.4, -0.2) is 11.9 Å². The molecule has 0 fully saturated rings. The van der Waals surface area contributed by atoms with Crippen molar-refractivity contribution in [1.82, 2.24) is 0 Å². The second kappa shape index (κ2) is 5.32. The number of carbonyl (C=O) groups is 2. The van der Waals surface area contributed by atoms with Crippen molar-refractivity contribution in [1.29, 1.82) is 0 Å². The number of hydrogen-bond acceptors (Lipinski definition) is 4. The van der Waals surface area contributed by atoms with E-state index in [-0.39, 0.29) is 22.6 Å². The van der Waals surface area contributed by atoms with E-state index >= 15 is 0 Å². The highest BCUT2D eigenvalue weighted by Gasteiger charge is 2.27. The smallest absolute Gasteiger partial charge is 0.347 e. The van der Waals surface area contributed by atoms with Crippen LogP contribution in [0.1, 0.15) is 20.7 Å². The maximum absolute atomic E-state index is 12.2. The fourth-order valence-electron chi connectivity index (χ4n) is 1.82. The van der Waals surface area contributed by atoms with E-state index in [0.29, 0.717) is 3.57 Å². The average Bonchev–Trinajstić information content (AvgIpc) is 2.43. The molecule has 0 amide bonds. The van der Waals surface area contributed by atoms with Crippen LogP contribution in [0, 0.1) is 7.14 Å². The van der Waals surface area contributed by atoms with Gasteiger partial charge in [-0.1, -0.05) is 12.1 Å². The SMILES string of the molecule is O=C1Oc2c(ccc(I)c2I)C(=O)Oc2ccccc21. The van der Waals surface area contributed by atoms with Crippen LogP contribution in [0.3, 0.4) is 0 Å². The maximum Gasteiger partial charge on any atom is 0.347 e. The Morgan fingerprint density at radius 1 is 0.800 bits per heavy atom. The third-order valence-corrected chi connectivity index (χ3v) is 5.78. The Balaban J connectivity index is 2.20. The summed E-state index contributed by atoms with van der Waals surface area (Å²) in [5, 5.41) is 0. The summed E-state index contributed by atoms with van der Waals surface area (Å²) in [5.41, 5.74) is 0.485. The third-order valence-electron chi connectivity index (χ3n) is 2.77. The van der Waals surface area contributed by atoms with Crippen LogP contribution in [0.2, 0.25) is 0 Å². The molecule has 20 heavy (non-hydrogen) atoms. The molecule has 0 bridgehead atoms. The van der Waals surface area contributed by atoms with Gasteiger partial charge in [-0.2, -0.15) is 0 Å². The lowest BCUT2D eigenvalue weighted by atomic mass is 10.1. The largest absolute Gasteiger partial charge is 0.422 e. The Labute approximate surface area is 141 Å². The van der Waals surface area contributed by atoms with E-state index in [1.54, 1.807) is 36.4 Å². The van der Waals surface area contributed by atoms with Crippen LogP contribution in [0.15, 0.2) is 36.4 Å². The summed E-state index contributed by atoms with van der Waals surface area (Å²) in [7, 11) is 0. The van der Waals surface area contributed by atoms with Gasteiger partial charge < -0.3 is 9.47 Å². The maximum atomic E-state index is 12.2. The van der Waals surface area contributed by atoms with E-state index in [1.807, 2.05) is 22.6 Å². The van der Waals surface area contributed by atoms with E-state index < -0.39 is 11.9 Å². The Bertz CT molecular complexity index is 740. The minimum atomic E-state index is -0.533. The molecule has 0 aliphatic carbocycles. The first kappa shape index (κ1) is 13.8. The van der Waals surface area contributed by atoms with Crippen LogP contribution >= 0.6 is 45.2 Å². The molecule has 2 aromatic rings. The molecule has 6 heteroatoms. The zero-order valence-corrected chi connectivity index (χ0v) is 14.2. The lowest BCUT2D eigenvalue weighted by Gasteiger charge is -2.17. The zero-order chi connectivity index (χ0) is 14.3. The lowest BCUT2D eigenvalue weighted by Crippen LogP contribution is -2.21. The molecule has 0 atom stereocenters. The first-order chi connectivity index (χ1) is 9.58. The molecule has 0 unspecified atom stereocenters. The van der Waals surface area contributed by atoms with E-state index in [1.165, 1.54) is 0 Å². The number of rotatable bonds is 0. The Kier molecular flexibility index (Phi) is 3.67. The van der Waals surface area contributed by atoms with Gasteiger partial charge in [0.1, 0.15) is 16.9 Å². The topological polar surface area (TPSA) is 52.6 Å². The number of carbonyl (C=O) groups excluding carboxylic acids is 2. The van der Waals surface area contributed by atoms with Gasteiger partial charge >= 0.3 is 11.9 Å². The molecule has 0 aromatic heterocycles. The van der Waals surface area contributed by atoms with Gasteiger partial charge in [0, 0.05) is 3.57 Å². The summed E-state index contributed by atoms with van der Waals surface area (Å²) in [4.78, 5) is 24.3. The number of halogens is 2. The van der Waals surface area contributed by atoms with Gasteiger partial charge in [-0.3, -0.25) is 0 Å². The van der Waals surface area contributed by atoms with Gasteiger partial charge in [0.2, 0.25) is 0 Å². The number of fused-ring (bicyclic) bond motifs is 2. The van der Waals surface area contributed by atoms with Crippen LogP contribution < -0.4 is 9.47 Å². The molecule has 0 spiro atoms. The zero-order valence-electron chi connectivity index (χ0n) is 9.85. The van der Waals surface area contributed by atoms with Gasteiger partial charge in [0.15, 0.2) is 5.75 Å². The lowest BCUT2D eigenvalue weighted by molar-refractivity contribution is 0.0667. The predicted octanol–water partition coefficient (Wildman–Crippen LogP) is 3.65. The van der Waals surface area contributed by atoms with E-state index in [4.69, 9.17) is 9.47 Å². The minimum absolute atomic E-state index is 0.210. The van der Waals surface area contributed by atoms with Crippen molar-refractivity contribution >= 4 is 57.1 Å². The molecule has 1 aliphatic heterocycles. The summed E-state index contributed by atoms with van der Waals surface area (Å²) in [5.74, 6) is -0.604. The molecule has 0 N–H and O–H groups in total. The summed E-state index contributed by atoms with van der Waals surface area (Å²) < 4.78 is 12.3. The molecular weight excluding hydrogens is 486 g/mol. The molecule has 0 saturated heterocycles. The van der Waals surface area contributed by atoms with Gasteiger partial charge in [-0.05, 0) is 69.4 Å². The van der Waals surface area contributed by atoms with E-state index in [2.05, 4.69) is 22.6 Å². The van der Waals surface area contributed by atoms with Gasteiger partial charge in [-0.25, -0.2) is 9.59 Å². The first-order valence-corrected chi connectivity index (χ1v) is 7.75. The second-order valence-electron chi connectivity index (χ2n) is 4.01. The summed E-state index contributed by atoms with van der Waals surface area (Å²) in [6.45, 7) is 0. The molecule has 2 aromatic carbocycles. The van der Waals surface area contributed by atoms with Crippen molar-refractivity contribution in [2.24, 2.45) is 0 Å². The minimum Gasteiger partial charge on any atom is -0.422 e. The van der Waals surface area contributed by atoms with Crippen LogP contribution in [0.4, 0.5) is 0 Å². The number of benzene rings is 2. The summed E-state index contributed by atoms with van der Waals surface area (Å²) in [6.07, 6.45) is 0. The Morgan fingerprint density at radius 2 is 1.50 bits per heavy atom. The monoisotopic (exact) mass is 492 g/mol. The van der Waals surface area contributed by atoms with Crippen LogP contribution in [0.5, 0.6) is 11.5 Å². The standard InChI is InChI=1S/C14H6I2O4/c15-9-6-5-8-12(11(9)16)20-13(17)7-3-1-2-4-10(7)19-14(8)18/h1-6H. The highest BCUT2D eigenvalue weighted by Crippen LogP contribution is 2.34. The van der Waals surface area contributed by atoms with Gasteiger partial charge in [0.05, 0.1) is 3.57 Å². The van der Waals surface area contributed by atoms with E-state index in [9.17, 15) is 9.59 Å². The first-order valence-electron chi connectivity index (χ1n) is 5.59. The Morgan fingerprint density at radius 3 is 2.30 bits per heavy atom. The second-order valence-corrected chi connectivity index (χ2v) is 6.25. The van der Waals surface area contributed by atoms with Crippen molar-refractivity contribution in [3.63, 3.8) is 0 Å². The van der Waals surface area contributed by atoms with Crippen molar-refractivity contribution in [3.8, 4) is 11.5 Å². The number of esters is 2. The van der Waals surface area contributed by atoms with E-state index in [0.717, 1.165) is 3.57 Å². The molecule has 0 radical (unpaired) electrons. The van der Waals surface area contributed by atoms with Gasteiger partial charge in [-0.15, -0.1) is 0 Å². The highest BCUT2D eigenvalue weighted by atomic mass is 127. The van der Waals surface area contributed by atoms with Crippen molar-refractivity contribution in [2.75, 3.05) is 0 Å². The third kappa shape index (κ3) is 2.30. The predicted molar refractivity (Wildman–Crippen MR) is 88.2 cm³/mol. The van der Waals surface area contributed by atoms with Crippen molar-refractivity contribution in [3.05, 3.63) is 54.7 Å². The molecule has 3 rings (SSSR count). The fraction of sp³-hybridized carbons (Fsp3) is 0. The highest BCUT2D eigenvalue weighted by molar-refractivity contribution is 14.1. The van der Waals surface area contributed by atoms with Crippen LogP contribution in [-0.2, 0) is 0 Å². The molecule has 1 heterocycles. The number of para-hydroxylation sites is 1. The average molecular weight is 492 g/mol.